The number of amides is 1. The predicted molar refractivity (Wildman–Crippen MR) is 60.1 cm³/mol. The van der Waals surface area contributed by atoms with Crippen molar-refractivity contribution >= 4 is 11.6 Å². The summed E-state index contributed by atoms with van der Waals surface area (Å²) in [5.41, 5.74) is 6.62. The molecule has 0 aromatic heterocycles. The molecule has 3 nitrogen and oxygen atoms in total. The number of benzene rings is 1. The molecule has 3 N–H and O–H groups in total. The molecule has 0 radical (unpaired) electrons. The van der Waals surface area contributed by atoms with Crippen LogP contribution in [0.4, 0.5) is 10.1 Å². The number of rotatable bonds is 1. The van der Waals surface area contributed by atoms with Gasteiger partial charge in [0.15, 0.2) is 0 Å². The molecule has 16 heavy (non-hydrogen) atoms. The molecule has 2 unspecified atom stereocenters. The van der Waals surface area contributed by atoms with Gasteiger partial charge >= 0.3 is 0 Å². The summed E-state index contributed by atoms with van der Waals surface area (Å²) in [6.45, 7) is 1.88. The van der Waals surface area contributed by atoms with Crippen LogP contribution in [0, 0.1) is 11.7 Å². The van der Waals surface area contributed by atoms with Crippen LogP contribution in [0.25, 0.3) is 0 Å². The van der Waals surface area contributed by atoms with E-state index in [2.05, 4.69) is 5.32 Å². The van der Waals surface area contributed by atoms with E-state index in [0.717, 1.165) is 12.8 Å². The smallest absolute Gasteiger partial charge is 0.223 e. The number of anilines is 1. The minimum Gasteiger partial charge on any atom is -0.399 e. The number of hydrogen-bond acceptors (Lipinski definition) is 2. The minimum atomic E-state index is -0.311. The molecule has 1 aromatic rings. The van der Waals surface area contributed by atoms with Crippen molar-refractivity contribution in [2.75, 3.05) is 5.73 Å². The number of hydrogen-bond donors (Lipinski definition) is 2. The molecule has 86 valence electrons. The fourth-order valence-electron chi connectivity index (χ4n) is 2.00. The molecule has 0 saturated carbocycles. The summed E-state index contributed by atoms with van der Waals surface area (Å²) in [6.07, 6.45) is 1.54. The maximum absolute atomic E-state index is 13.6. The Kier molecular flexibility index (Phi) is 2.81. The highest BCUT2D eigenvalue weighted by atomic mass is 19.1. The summed E-state index contributed by atoms with van der Waals surface area (Å²) >= 11 is 0. The van der Waals surface area contributed by atoms with E-state index in [9.17, 15) is 9.18 Å². The van der Waals surface area contributed by atoms with Gasteiger partial charge in [0.2, 0.25) is 5.91 Å². The Balaban J connectivity index is 2.24. The second kappa shape index (κ2) is 4.12. The van der Waals surface area contributed by atoms with Crippen LogP contribution in [0.1, 0.15) is 31.4 Å². The number of nitrogens with two attached hydrogens (primary N) is 1. The highest BCUT2D eigenvalue weighted by Gasteiger charge is 2.27. The van der Waals surface area contributed by atoms with Crippen molar-refractivity contribution in [1.82, 2.24) is 5.32 Å². The molecule has 1 aromatic carbocycles. The molecule has 1 amide bonds. The highest BCUT2D eigenvalue weighted by Crippen LogP contribution is 2.28. The topological polar surface area (TPSA) is 55.1 Å². The van der Waals surface area contributed by atoms with Crippen molar-refractivity contribution in [2.24, 2.45) is 5.92 Å². The van der Waals surface area contributed by atoms with E-state index >= 15 is 0 Å². The summed E-state index contributed by atoms with van der Waals surface area (Å²) in [7, 11) is 0. The molecule has 1 aliphatic heterocycles. The number of carbonyl (C=O) groups is 1. The van der Waals surface area contributed by atoms with Crippen molar-refractivity contribution in [3.63, 3.8) is 0 Å². The lowest BCUT2D eigenvalue weighted by atomic mass is 9.91. The van der Waals surface area contributed by atoms with Crippen LogP contribution in [0.15, 0.2) is 18.2 Å². The Morgan fingerprint density at radius 3 is 2.88 bits per heavy atom. The third-order valence-electron chi connectivity index (χ3n) is 3.05. The van der Waals surface area contributed by atoms with Crippen molar-refractivity contribution in [3.05, 3.63) is 29.6 Å². The zero-order chi connectivity index (χ0) is 11.7. The number of piperidine rings is 1. The van der Waals surface area contributed by atoms with Crippen LogP contribution in [0.2, 0.25) is 0 Å². The van der Waals surface area contributed by atoms with Gasteiger partial charge in [-0.1, -0.05) is 6.92 Å². The molecule has 1 heterocycles. The molecule has 0 bridgehead atoms. The Bertz CT molecular complexity index is 419. The molecule has 2 rings (SSSR count). The minimum absolute atomic E-state index is 0.0142. The van der Waals surface area contributed by atoms with Gasteiger partial charge in [0.05, 0.1) is 6.04 Å². The normalized spacial score (nSPS) is 25.2. The lowest BCUT2D eigenvalue weighted by Crippen LogP contribution is -2.38. The van der Waals surface area contributed by atoms with Gasteiger partial charge in [-0.25, -0.2) is 4.39 Å². The van der Waals surface area contributed by atoms with Crippen LogP contribution < -0.4 is 11.1 Å². The fraction of sp³-hybridized carbons (Fsp3) is 0.417. The predicted octanol–water partition coefficient (Wildman–Crippen LogP) is 2.00. The maximum atomic E-state index is 13.6. The standard InChI is InChI=1S/C12H15FN2O/c1-7-2-5-11(15-12(7)16)9-6-8(14)3-4-10(9)13/h3-4,6-7,11H,2,5,14H2,1H3,(H,15,16). The Labute approximate surface area is 93.8 Å². The zero-order valence-corrected chi connectivity index (χ0v) is 9.16. The lowest BCUT2D eigenvalue weighted by Gasteiger charge is -2.27. The van der Waals surface area contributed by atoms with Gasteiger partial charge in [-0.05, 0) is 31.0 Å². The van der Waals surface area contributed by atoms with Crippen LogP contribution in [0.3, 0.4) is 0 Å². The van der Waals surface area contributed by atoms with Crippen molar-refractivity contribution in [3.8, 4) is 0 Å². The molecule has 0 aliphatic carbocycles. The van der Waals surface area contributed by atoms with Crippen molar-refractivity contribution < 1.29 is 9.18 Å². The average molecular weight is 222 g/mol. The van der Waals surface area contributed by atoms with Crippen LogP contribution in [-0.4, -0.2) is 5.91 Å². The molecular weight excluding hydrogens is 207 g/mol. The van der Waals surface area contributed by atoms with E-state index < -0.39 is 0 Å². The summed E-state index contributed by atoms with van der Waals surface area (Å²) in [6, 6.07) is 4.21. The van der Waals surface area contributed by atoms with Gasteiger partial charge in [-0.2, -0.15) is 0 Å². The molecule has 0 spiro atoms. The van der Waals surface area contributed by atoms with E-state index in [0.29, 0.717) is 11.3 Å². The highest BCUT2D eigenvalue weighted by molar-refractivity contribution is 5.79. The van der Waals surface area contributed by atoms with Gasteiger partial charge in [0, 0.05) is 17.2 Å². The Morgan fingerprint density at radius 2 is 2.19 bits per heavy atom. The lowest BCUT2D eigenvalue weighted by molar-refractivity contribution is -0.127. The summed E-state index contributed by atoms with van der Waals surface area (Å²) in [4.78, 5) is 11.5. The molecule has 4 heteroatoms. The third-order valence-corrected chi connectivity index (χ3v) is 3.05. The van der Waals surface area contributed by atoms with Gasteiger partial charge in [-0.3, -0.25) is 4.79 Å². The number of nitrogens with one attached hydrogen (secondary N) is 1. The van der Waals surface area contributed by atoms with E-state index in [1.165, 1.54) is 12.1 Å². The molecule has 2 atom stereocenters. The average Bonchev–Trinajstić information content (AvgIpc) is 2.26. The summed E-state index contributed by atoms with van der Waals surface area (Å²) in [5.74, 6) is -0.313. The van der Waals surface area contributed by atoms with E-state index in [4.69, 9.17) is 5.73 Å². The first-order valence-electron chi connectivity index (χ1n) is 5.43. The van der Waals surface area contributed by atoms with E-state index in [1.54, 1.807) is 6.07 Å². The van der Waals surface area contributed by atoms with Gasteiger partial charge in [0.1, 0.15) is 5.82 Å². The molecule has 1 aliphatic rings. The summed E-state index contributed by atoms with van der Waals surface area (Å²) < 4.78 is 13.6. The number of halogens is 1. The maximum Gasteiger partial charge on any atom is 0.223 e. The second-order valence-corrected chi connectivity index (χ2v) is 4.32. The Hall–Kier alpha value is -1.58. The van der Waals surface area contributed by atoms with Gasteiger partial charge < -0.3 is 11.1 Å². The zero-order valence-electron chi connectivity index (χ0n) is 9.16. The molecular formula is C12H15FN2O. The first-order valence-corrected chi connectivity index (χ1v) is 5.43. The van der Waals surface area contributed by atoms with E-state index in [-0.39, 0.29) is 23.7 Å². The molecule has 1 saturated heterocycles. The monoisotopic (exact) mass is 222 g/mol. The largest absolute Gasteiger partial charge is 0.399 e. The van der Waals surface area contributed by atoms with Crippen LogP contribution in [-0.2, 0) is 4.79 Å². The first kappa shape index (κ1) is 10.9. The van der Waals surface area contributed by atoms with Crippen LogP contribution >= 0.6 is 0 Å². The fourth-order valence-corrected chi connectivity index (χ4v) is 2.00. The molecule has 1 fully saturated rings. The van der Waals surface area contributed by atoms with Gasteiger partial charge in [0.25, 0.3) is 0 Å². The quantitative estimate of drug-likeness (QED) is 0.714. The van der Waals surface area contributed by atoms with Gasteiger partial charge in [-0.15, -0.1) is 0 Å². The van der Waals surface area contributed by atoms with Crippen molar-refractivity contribution in [1.29, 1.82) is 0 Å². The number of carbonyl (C=O) groups excluding carboxylic acids is 1. The Morgan fingerprint density at radius 1 is 1.44 bits per heavy atom. The van der Waals surface area contributed by atoms with E-state index in [1.807, 2.05) is 6.92 Å². The SMILES string of the molecule is CC1CCC(c2cc(N)ccc2F)NC1=O. The first-order chi connectivity index (χ1) is 7.58. The van der Waals surface area contributed by atoms with Crippen LogP contribution in [0.5, 0.6) is 0 Å². The third kappa shape index (κ3) is 2.01. The van der Waals surface area contributed by atoms with Crippen molar-refractivity contribution in [2.45, 2.75) is 25.8 Å². The number of nitrogen functional groups attached to an aromatic ring is 1. The second-order valence-electron chi connectivity index (χ2n) is 4.32. The summed E-state index contributed by atoms with van der Waals surface area (Å²) in [5, 5.41) is 2.82.